The van der Waals surface area contributed by atoms with Gasteiger partial charge in [-0.25, -0.2) is 9.97 Å². The fraction of sp³-hybridized carbons (Fsp3) is 0.556. The number of ether oxygens (including phenoxy) is 1. The molecule has 2 aromatic heterocycles. The highest BCUT2D eigenvalue weighted by Gasteiger charge is 2.18. The highest BCUT2D eigenvalue weighted by Crippen LogP contribution is 2.16. The van der Waals surface area contributed by atoms with Gasteiger partial charge in [0.25, 0.3) is 0 Å². The van der Waals surface area contributed by atoms with Crippen LogP contribution < -0.4 is 9.64 Å². The van der Waals surface area contributed by atoms with Crippen molar-refractivity contribution in [3.8, 4) is 5.88 Å². The molecule has 3 rings (SSSR count). The number of anilines is 1. The van der Waals surface area contributed by atoms with Gasteiger partial charge in [-0.1, -0.05) is 13.8 Å². The quantitative estimate of drug-likeness (QED) is 0.794. The zero-order chi connectivity index (χ0) is 17.6. The minimum Gasteiger partial charge on any atom is -0.475 e. The van der Waals surface area contributed by atoms with Crippen molar-refractivity contribution in [1.29, 1.82) is 0 Å². The van der Waals surface area contributed by atoms with Gasteiger partial charge in [0.1, 0.15) is 18.2 Å². The summed E-state index contributed by atoms with van der Waals surface area (Å²) in [5.74, 6) is 2.88. The smallest absolute Gasteiger partial charge is 0.233 e. The summed E-state index contributed by atoms with van der Waals surface area (Å²) in [4.78, 5) is 13.8. The second-order valence-corrected chi connectivity index (χ2v) is 6.62. The average Bonchev–Trinajstić information content (AvgIpc) is 2.64. The summed E-state index contributed by atoms with van der Waals surface area (Å²) in [6.07, 6.45) is 1.86. The molecule has 0 saturated carbocycles. The Hall–Kier alpha value is -2.28. The zero-order valence-electron chi connectivity index (χ0n) is 15.2. The van der Waals surface area contributed by atoms with Crippen molar-refractivity contribution < 1.29 is 4.74 Å². The monoisotopic (exact) mass is 342 g/mol. The first-order valence-electron chi connectivity index (χ1n) is 8.85. The van der Waals surface area contributed by atoms with Crippen molar-refractivity contribution in [1.82, 2.24) is 25.1 Å². The topological polar surface area (TPSA) is 67.3 Å². The van der Waals surface area contributed by atoms with Gasteiger partial charge < -0.3 is 9.64 Å². The van der Waals surface area contributed by atoms with Crippen LogP contribution in [0.25, 0.3) is 0 Å². The van der Waals surface area contributed by atoms with Crippen LogP contribution in [0.15, 0.2) is 24.4 Å². The van der Waals surface area contributed by atoms with Gasteiger partial charge in [0.2, 0.25) is 5.88 Å². The Balaban J connectivity index is 1.44. The molecule has 0 N–H and O–H groups in total. The second-order valence-electron chi connectivity index (χ2n) is 6.62. The summed E-state index contributed by atoms with van der Waals surface area (Å²) in [5.41, 5.74) is 0.897. The van der Waals surface area contributed by atoms with E-state index in [0.29, 0.717) is 18.4 Å². The van der Waals surface area contributed by atoms with Crippen LogP contribution in [-0.2, 0) is 0 Å². The third-order valence-corrected chi connectivity index (χ3v) is 4.30. The minimum absolute atomic E-state index is 0.350. The molecular weight excluding hydrogens is 316 g/mol. The lowest BCUT2D eigenvalue weighted by Crippen LogP contribution is -2.47. The summed E-state index contributed by atoms with van der Waals surface area (Å²) in [6.45, 7) is 11.6. The molecule has 3 heterocycles. The van der Waals surface area contributed by atoms with Gasteiger partial charge in [-0.05, 0) is 19.1 Å². The van der Waals surface area contributed by atoms with Gasteiger partial charge in [0.05, 0.1) is 5.69 Å². The summed E-state index contributed by atoms with van der Waals surface area (Å²) in [7, 11) is 0. The number of hydrogen-bond acceptors (Lipinski definition) is 7. The molecular formula is C18H26N6O. The Labute approximate surface area is 149 Å². The van der Waals surface area contributed by atoms with E-state index in [1.807, 2.05) is 31.3 Å². The highest BCUT2D eigenvalue weighted by atomic mass is 16.5. The third kappa shape index (κ3) is 4.85. The lowest BCUT2D eigenvalue weighted by atomic mass is 10.2. The van der Waals surface area contributed by atoms with Crippen LogP contribution >= 0.6 is 0 Å². The van der Waals surface area contributed by atoms with Crippen LogP contribution in [0.2, 0.25) is 0 Å². The Kier molecular flexibility index (Phi) is 5.75. The Morgan fingerprint density at radius 3 is 2.56 bits per heavy atom. The molecule has 1 fully saturated rings. The van der Waals surface area contributed by atoms with E-state index in [1.54, 1.807) is 0 Å². The van der Waals surface area contributed by atoms with Gasteiger partial charge in [-0.2, -0.15) is 5.10 Å². The number of aromatic nitrogens is 4. The highest BCUT2D eigenvalue weighted by molar-refractivity contribution is 5.38. The summed E-state index contributed by atoms with van der Waals surface area (Å²) in [6, 6.07) is 5.77. The van der Waals surface area contributed by atoms with E-state index >= 15 is 0 Å². The van der Waals surface area contributed by atoms with Crippen molar-refractivity contribution in [2.45, 2.75) is 26.7 Å². The zero-order valence-corrected chi connectivity index (χ0v) is 15.2. The van der Waals surface area contributed by atoms with E-state index < -0.39 is 0 Å². The van der Waals surface area contributed by atoms with Crippen molar-refractivity contribution in [2.24, 2.45) is 0 Å². The Morgan fingerprint density at radius 2 is 1.88 bits per heavy atom. The first kappa shape index (κ1) is 17.5. The third-order valence-electron chi connectivity index (χ3n) is 4.30. The van der Waals surface area contributed by atoms with Crippen LogP contribution in [0, 0.1) is 6.92 Å². The average molecular weight is 342 g/mol. The van der Waals surface area contributed by atoms with Crippen molar-refractivity contribution in [3.05, 3.63) is 35.9 Å². The molecule has 25 heavy (non-hydrogen) atoms. The first-order chi connectivity index (χ1) is 12.1. The van der Waals surface area contributed by atoms with E-state index in [9.17, 15) is 0 Å². The van der Waals surface area contributed by atoms with Crippen LogP contribution in [-0.4, -0.2) is 64.4 Å². The molecule has 0 atom stereocenters. The van der Waals surface area contributed by atoms with E-state index in [1.165, 1.54) is 0 Å². The number of aryl methyl sites for hydroxylation is 1. The van der Waals surface area contributed by atoms with Gasteiger partial charge in [-0.3, -0.25) is 4.90 Å². The molecule has 0 aromatic carbocycles. The lowest BCUT2D eigenvalue weighted by molar-refractivity contribution is 0.195. The molecule has 0 spiro atoms. The predicted molar refractivity (Wildman–Crippen MR) is 97.0 cm³/mol. The molecule has 0 aliphatic carbocycles. The standard InChI is InChI=1S/C18H26N6O/c1-14(2)18-19-7-6-16(20-18)24-10-8-23(9-11-24)12-13-25-17-5-4-15(3)21-22-17/h4-7,14H,8-13H2,1-3H3. The second kappa shape index (κ2) is 8.20. The molecule has 1 aliphatic heterocycles. The SMILES string of the molecule is Cc1ccc(OCCN2CCN(c3ccnc(C(C)C)n3)CC2)nn1. The summed E-state index contributed by atoms with van der Waals surface area (Å²) >= 11 is 0. The Morgan fingerprint density at radius 1 is 1.08 bits per heavy atom. The summed E-state index contributed by atoms with van der Waals surface area (Å²) in [5, 5.41) is 8.02. The van der Waals surface area contributed by atoms with Gasteiger partial charge in [0, 0.05) is 50.9 Å². The largest absolute Gasteiger partial charge is 0.475 e. The lowest BCUT2D eigenvalue weighted by Gasteiger charge is -2.35. The van der Waals surface area contributed by atoms with E-state index in [2.05, 4.69) is 43.8 Å². The maximum atomic E-state index is 5.67. The molecule has 7 heteroatoms. The molecule has 1 saturated heterocycles. The first-order valence-corrected chi connectivity index (χ1v) is 8.85. The maximum absolute atomic E-state index is 5.67. The van der Waals surface area contributed by atoms with Crippen LogP contribution in [0.3, 0.4) is 0 Å². The van der Waals surface area contributed by atoms with Crippen molar-refractivity contribution >= 4 is 5.82 Å². The number of nitrogens with zero attached hydrogens (tertiary/aromatic N) is 6. The van der Waals surface area contributed by atoms with E-state index in [0.717, 1.165) is 50.1 Å². The van der Waals surface area contributed by atoms with Crippen LogP contribution in [0.4, 0.5) is 5.82 Å². The Bertz CT molecular complexity index is 668. The minimum atomic E-state index is 0.350. The van der Waals surface area contributed by atoms with Crippen LogP contribution in [0.5, 0.6) is 5.88 Å². The van der Waals surface area contributed by atoms with Crippen molar-refractivity contribution in [2.75, 3.05) is 44.2 Å². The normalized spacial score (nSPS) is 15.6. The predicted octanol–water partition coefficient (Wildman–Crippen LogP) is 1.90. The molecule has 134 valence electrons. The maximum Gasteiger partial charge on any atom is 0.233 e. The van der Waals surface area contributed by atoms with Crippen LogP contribution in [0.1, 0.15) is 31.3 Å². The fourth-order valence-corrected chi connectivity index (χ4v) is 2.76. The molecule has 7 nitrogen and oxygen atoms in total. The molecule has 1 aliphatic rings. The molecule has 0 amide bonds. The molecule has 0 unspecified atom stereocenters. The van der Waals surface area contributed by atoms with Gasteiger partial charge in [0.15, 0.2) is 0 Å². The summed E-state index contributed by atoms with van der Waals surface area (Å²) < 4.78 is 5.67. The van der Waals surface area contributed by atoms with E-state index in [4.69, 9.17) is 4.74 Å². The van der Waals surface area contributed by atoms with Gasteiger partial charge >= 0.3 is 0 Å². The van der Waals surface area contributed by atoms with Gasteiger partial charge in [-0.15, -0.1) is 5.10 Å². The number of hydrogen-bond donors (Lipinski definition) is 0. The molecule has 0 bridgehead atoms. The van der Waals surface area contributed by atoms with Crippen molar-refractivity contribution in [3.63, 3.8) is 0 Å². The molecule has 0 radical (unpaired) electrons. The number of rotatable bonds is 6. The number of piperazine rings is 1. The fourth-order valence-electron chi connectivity index (χ4n) is 2.76. The molecule has 2 aromatic rings. The van der Waals surface area contributed by atoms with E-state index in [-0.39, 0.29) is 0 Å².